The summed E-state index contributed by atoms with van der Waals surface area (Å²) in [6.07, 6.45) is 8.67. The quantitative estimate of drug-likeness (QED) is 0.896. The van der Waals surface area contributed by atoms with Crippen LogP contribution in [0.25, 0.3) is 0 Å². The third kappa shape index (κ3) is 3.42. The molecule has 0 spiro atoms. The summed E-state index contributed by atoms with van der Waals surface area (Å²) in [6.45, 7) is 1.53. The molecule has 1 N–H and O–H groups in total. The van der Waals surface area contributed by atoms with Gasteiger partial charge in [-0.25, -0.2) is 9.97 Å². The van der Waals surface area contributed by atoms with E-state index in [2.05, 4.69) is 15.3 Å². The van der Waals surface area contributed by atoms with Gasteiger partial charge in [-0.05, 0) is 18.9 Å². The van der Waals surface area contributed by atoms with Gasteiger partial charge in [0.1, 0.15) is 0 Å². The molecule has 2 aliphatic rings. The molecule has 0 aromatic carbocycles. The Labute approximate surface area is 123 Å². The molecule has 1 amide bonds. The normalized spacial score (nSPS) is 19.9. The number of hydrogen-bond donors (Lipinski definition) is 1. The predicted molar refractivity (Wildman–Crippen MR) is 80.7 cm³/mol. The lowest BCUT2D eigenvalue weighted by atomic mass is 10.1. The number of amides is 1. The van der Waals surface area contributed by atoms with Crippen LogP contribution in [0.5, 0.6) is 0 Å². The Balaban J connectivity index is 1.35. The zero-order chi connectivity index (χ0) is 13.8. The van der Waals surface area contributed by atoms with E-state index >= 15 is 0 Å². The van der Waals surface area contributed by atoms with Crippen molar-refractivity contribution in [1.82, 2.24) is 14.9 Å². The molecular formula is C14H20N4OS. The maximum Gasteiger partial charge on any atom is 0.232 e. The van der Waals surface area contributed by atoms with E-state index < -0.39 is 0 Å². The van der Waals surface area contributed by atoms with Gasteiger partial charge in [0, 0.05) is 30.7 Å². The van der Waals surface area contributed by atoms with Gasteiger partial charge in [-0.15, -0.1) is 11.8 Å². The molecule has 0 atom stereocenters. The van der Waals surface area contributed by atoms with Crippen molar-refractivity contribution in [3.05, 3.63) is 18.5 Å². The minimum absolute atomic E-state index is 0.272. The van der Waals surface area contributed by atoms with Crippen molar-refractivity contribution in [1.29, 1.82) is 0 Å². The molecule has 0 radical (unpaired) electrons. The molecule has 1 aromatic heterocycles. The summed E-state index contributed by atoms with van der Waals surface area (Å²) in [7, 11) is 0. The lowest BCUT2D eigenvalue weighted by Crippen LogP contribution is -2.57. The van der Waals surface area contributed by atoms with E-state index in [0.29, 0.717) is 17.0 Å². The molecule has 20 heavy (non-hydrogen) atoms. The molecule has 0 unspecified atom stereocenters. The Bertz CT molecular complexity index is 444. The molecule has 1 saturated carbocycles. The standard InChI is InChI=1S/C14H20N4OS/c19-13(10-20-12-4-1-2-5-12)18-8-11(9-18)17-14-15-6-3-7-16-14/h3,6-7,11-12H,1-2,4-5,8-10H2,(H,15,16,17). The second kappa shape index (κ2) is 6.43. The van der Waals surface area contributed by atoms with Crippen molar-refractivity contribution in [3.63, 3.8) is 0 Å². The largest absolute Gasteiger partial charge is 0.348 e. The first kappa shape index (κ1) is 13.7. The van der Waals surface area contributed by atoms with E-state index in [1.165, 1.54) is 25.7 Å². The summed E-state index contributed by atoms with van der Waals surface area (Å²) in [6, 6.07) is 2.08. The Morgan fingerprint density at radius 1 is 1.30 bits per heavy atom. The number of thioether (sulfide) groups is 1. The summed E-state index contributed by atoms with van der Waals surface area (Å²) in [5.74, 6) is 1.55. The van der Waals surface area contributed by atoms with E-state index in [9.17, 15) is 4.79 Å². The lowest BCUT2D eigenvalue weighted by Gasteiger charge is -2.39. The van der Waals surface area contributed by atoms with Gasteiger partial charge in [-0.3, -0.25) is 4.79 Å². The van der Waals surface area contributed by atoms with Crippen molar-refractivity contribution in [2.45, 2.75) is 37.0 Å². The molecular weight excluding hydrogens is 272 g/mol. The highest BCUT2D eigenvalue weighted by Crippen LogP contribution is 2.29. The van der Waals surface area contributed by atoms with Crippen LogP contribution in [-0.4, -0.2) is 50.9 Å². The predicted octanol–water partition coefficient (Wildman–Crippen LogP) is 1.78. The van der Waals surface area contributed by atoms with Crippen molar-refractivity contribution in [2.24, 2.45) is 0 Å². The van der Waals surface area contributed by atoms with Gasteiger partial charge in [0.05, 0.1) is 11.8 Å². The van der Waals surface area contributed by atoms with Crippen LogP contribution in [0.4, 0.5) is 5.95 Å². The summed E-state index contributed by atoms with van der Waals surface area (Å²) in [5, 5.41) is 3.95. The fraction of sp³-hybridized carbons (Fsp3) is 0.643. The van der Waals surface area contributed by atoms with Crippen LogP contribution in [0.3, 0.4) is 0 Å². The number of carbonyl (C=O) groups is 1. The van der Waals surface area contributed by atoms with Crippen LogP contribution < -0.4 is 5.32 Å². The Morgan fingerprint density at radius 2 is 2.00 bits per heavy atom. The topological polar surface area (TPSA) is 58.1 Å². The zero-order valence-corrected chi connectivity index (χ0v) is 12.3. The van der Waals surface area contributed by atoms with Crippen LogP contribution in [0.15, 0.2) is 18.5 Å². The van der Waals surface area contributed by atoms with Crippen LogP contribution in [0, 0.1) is 0 Å². The van der Waals surface area contributed by atoms with Gasteiger partial charge >= 0.3 is 0 Å². The molecule has 1 aliphatic heterocycles. The maximum atomic E-state index is 12.0. The molecule has 1 saturated heterocycles. The first-order chi connectivity index (χ1) is 9.81. The van der Waals surface area contributed by atoms with Gasteiger partial charge in [-0.2, -0.15) is 0 Å². The average Bonchev–Trinajstić information content (AvgIpc) is 2.94. The third-order valence-electron chi connectivity index (χ3n) is 3.88. The summed E-state index contributed by atoms with van der Waals surface area (Å²) < 4.78 is 0. The average molecular weight is 292 g/mol. The first-order valence-electron chi connectivity index (χ1n) is 7.24. The number of nitrogens with one attached hydrogen (secondary N) is 1. The highest BCUT2D eigenvalue weighted by Gasteiger charge is 2.31. The SMILES string of the molecule is O=C(CSC1CCCC1)N1CC(Nc2ncccn2)C1. The molecule has 5 nitrogen and oxygen atoms in total. The molecule has 1 aromatic rings. The summed E-state index contributed by atoms with van der Waals surface area (Å²) >= 11 is 1.84. The van der Waals surface area contributed by atoms with Crippen molar-refractivity contribution >= 4 is 23.6 Å². The van der Waals surface area contributed by atoms with Gasteiger partial charge < -0.3 is 10.2 Å². The van der Waals surface area contributed by atoms with Gasteiger partial charge in [0.2, 0.25) is 11.9 Å². The monoisotopic (exact) mass is 292 g/mol. The number of aromatic nitrogens is 2. The van der Waals surface area contributed by atoms with Crippen LogP contribution in [0.2, 0.25) is 0 Å². The minimum Gasteiger partial charge on any atom is -0.348 e. The molecule has 3 rings (SSSR count). The molecule has 2 heterocycles. The van der Waals surface area contributed by atoms with E-state index in [1.807, 2.05) is 16.7 Å². The molecule has 2 fully saturated rings. The second-order valence-corrected chi connectivity index (χ2v) is 6.72. The molecule has 6 heteroatoms. The molecule has 108 valence electrons. The summed E-state index contributed by atoms with van der Waals surface area (Å²) in [4.78, 5) is 22.2. The van der Waals surface area contributed by atoms with Crippen molar-refractivity contribution in [2.75, 3.05) is 24.2 Å². The van der Waals surface area contributed by atoms with E-state index in [4.69, 9.17) is 0 Å². The first-order valence-corrected chi connectivity index (χ1v) is 8.29. The number of nitrogens with zero attached hydrogens (tertiary/aromatic N) is 3. The number of likely N-dealkylation sites (tertiary alicyclic amines) is 1. The maximum absolute atomic E-state index is 12.0. The number of hydrogen-bond acceptors (Lipinski definition) is 5. The second-order valence-electron chi connectivity index (χ2n) is 5.43. The Kier molecular flexibility index (Phi) is 4.40. The van der Waals surface area contributed by atoms with Crippen molar-refractivity contribution in [3.8, 4) is 0 Å². The van der Waals surface area contributed by atoms with E-state index in [0.717, 1.165) is 13.1 Å². The Morgan fingerprint density at radius 3 is 2.70 bits per heavy atom. The van der Waals surface area contributed by atoms with E-state index in [1.54, 1.807) is 18.5 Å². The highest BCUT2D eigenvalue weighted by molar-refractivity contribution is 8.00. The smallest absolute Gasteiger partial charge is 0.232 e. The third-order valence-corrected chi connectivity index (χ3v) is 5.23. The van der Waals surface area contributed by atoms with E-state index in [-0.39, 0.29) is 11.9 Å². The highest BCUT2D eigenvalue weighted by atomic mass is 32.2. The minimum atomic E-state index is 0.272. The lowest BCUT2D eigenvalue weighted by molar-refractivity contribution is -0.132. The zero-order valence-electron chi connectivity index (χ0n) is 11.5. The van der Waals surface area contributed by atoms with Gasteiger partial charge in [-0.1, -0.05) is 12.8 Å². The van der Waals surface area contributed by atoms with Crippen LogP contribution >= 0.6 is 11.8 Å². The summed E-state index contributed by atoms with van der Waals surface area (Å²) in [5.41, 5.74) is 0. The fourth-order valence-corrected chi connectivity index (χ4v) is 3.89. The Hall–Kier alpha value is -1.30. The number of carbonyl (C=O) groups excluding carboxylic acids is 1. The molecule has 0 bridgehead atoms. The van der Waals surface area contributed by atoms with Crippen LogP contribution in [0.1, 0.15) is 25.7 Å². The van der Waals surface area contributed by atoms with Gasteiger partial charge in [0.15, 0.2) is 0 Å². The number of rotatable bonds is 5. The molecule has 1 aliphatic carbocycles. The van der Waals surface area contributed by atoms with Crippen LogP contribution in [-0.2, 0) is 4.79 Å². The fourth-order valence-electron chi connectivity index (χ4n) is 2.67. The number of anilines is 1. The van der Waals surface area contributed by atoms with Gasteiger partial charge in [0.25, 0.3) is 0 Å². The van der Waals surface area contributed by atoms with Crippen molar-refractivity contribution < 1.29 is 4.79 Å².